The van der Waals surface area contributed by atoms with Gasteiger partial charge in [-0.1, -0.05) is 18.2 Å². The van der Waals surface area contributed by atoms with Crippen molar-refractivity contribution >= 4 is 11.8 Å². The van der Waals surface area contributed by atoms with Crippen molar-refractivity contribution in [3.8, 4) is 5.75 Å². The van der Waals surface area contributed by atoms with Crippen molar-refractivity contribution in [2.75, 3.05) is 6.61 Å². The first-order valence-electron chi connectivity index (χ1n) is 6.05. The SMILES string of the molecule is O=C1CC(NC2CCOc3ccccc32)C(=O)N1. The smallest absolute Gasteiger partial charge is 0.244 e. The number of amides is 2. The van der Waals surface area contributed by atoms with E-state index in [4.69, 9.17) is 4.74 Å². The summed E-state index contributed by atoms with van der Waals surface area (Å²) in [5.41, 5.74) is 1.05. The van der Waals surface area contributed by atoms with Gasteiger partial charge in [0.1, 0.15) is 5.75 Å². The standard InChI is InChI=1S/C13H14N2O3/c16-12-7-10(13(17)15-12)14-9-5-6-18-11-4-2-1-3-8(9)11/h1-4,9-10,14H,5-7H2,(H,15,16,17). The molecule has 18 heavy (non-hydrogen) atoms. The van der Waals surface area contributed by atoms with Gasteiger partial charge in [0.25, 0.3) is 0 Å². The van der Waals surface area contributed by atoms with Crippen LogP contribution in [-0.4, -0.2) is 24.5 Å². The predicted molar refractivity (Wildman–Crippen MR) is 64.0 cm³/mol. The van der Waals surface area contributed by atoms with Crippen LogP contribution in [0.2, 0.25) is 0 Å². The summed E-state index contributed by atoms with van der Waals surface area (Å²) in [5.74, 6) is 0.410. The summed E-state index contributed by atoms with van der Waals surface area (Å²) >= 11 is 0. The Balaban J connectivity index is 1.78. The van der Waals surface area contributed by atoms with Gasteiger partial charge in [0.05, 0.1) is 19.1 Å². The molecule has 1 fully saturated rings. The van der Waals surface area contributed by atoms with Gasteiger partial charge in [0.2, 0.25) is 11.8 Å². The molecule has 94 valence electrons. The fraction of sp³-hybridized carbons (Fsp3) is 0.385. The minimum absolute atomic E-state index is 0.0663. The molecule has 2 N–H and O–H groups in total. The van der Waals surface area contributed by atoms with E-state index >= 15 is 0 Å². The highest BCUT2D eigenvalue weighted by Gasteiger charge is 2.33. The molecule has 1 aromatic carbocycles. The largest absolute Gasteiger partial charge is 0.493 e. The molecule has 0 aromatic heterocycles. The van der Waals surface area contributed by atoms with Gasteiger partial charge in [-0.2, -0.15) is 0 Å². The van der Waals surface area contributed by atoms with Gasteiger partial charge in [-0.3, -0.25) is 20.2 Å². The third-order valence-electron chi connectivity index (χ3n) is 3.33. The van der Waals surface area contributed by atoms with Gasteiger partial charge in [-0.25, -0.2) is 0 Å². The van der Waals surface area contributed by atoms with Crippen molar-refractivity contribution in [2.45, 2.75) is 24.9 Å². The normalized spacial score (nSPS) is 26.4. The first-order valence-corrected chi connectivity index (χ1v) is 6.05. The Morgan fingerprint density at radius 3 is 2.83 bits per heavy atom. The van der Waals surface area contributed by atoms with Crippen LogP contribution in [0.3, 0.4) is 0 Å². The van der Waals surface area contributed by atoms with E-state index in [1.54, 1.807) is 0 Å². The van der Waals surface area contributed by atoms with Gasteiger partial charge in [-0.05, 0) is 6.07 Å². The Labute approximate surface area is 105 Å². The molecule has 0 radical (unpaired) electrons. The molecule has 2 aliphatic heterocycles. The molecular weight excluding hydrogens is 232 g/mol. The number of imide groups is 1. The monoisotopic (exact) mass is 246 g/mol. The maximum absolute atomic E-state index is 11.5. The van der Waals surface area contributed by atoms with Crippen LogP contribution in [0.15, 0.2) is 24.3 Å². The zero-order chi connectivity index (χ0) is 12.5. The number of carbonyl (C=O) groups is 2. The highest BCUT2D eigenvalue weighted by atomic mass is 16.5. The topological polar surface area (TPSA) is 67.4 Å². The molecule has 1 saturated heterocycles. The molecule has 3 rings (SSSR count). The van der Waals surface area contributed by atoms with Gasteiger partial charge < -0.3 is 4.74 Å². The van der Waals surface area contributed by atoms with Crippen LogP contribution in [0, 0.1) is 0 Å². The molecule has 2 atom stereocenters. The van der Waals surface area contributed by atoms with Crippen molar-refractivity contribution in [1.82, 2.24) is 10.6 Å². The molecule has 2 aliphatic rings. The van der Waals surface area contributed by atoms with E-state index in [-0.39, 0.29) is 24.3 Å². The van der Waals surface area contributed by atoms with Crippen molar-refractivity contribution in [3.63, 3.8) is 0 Å². The molecule has 2 amide bonds. The summed E-state index contributed by atoms with van der Waals surface area (Å²) in [7, 11) is 0. The lowest BCUT2D eigenvalue weighted by atomic mass is 9.99. The number of hydrogen-bond donors (Lipinski definition) is 2. The Morgan fingerprint density at radius 2 is 2.06 bits per heavy atom. The maximum atomic E-state index is 11.5. The lowest BCUT2D eigenvalue weighted by Gasteiger charge is -2.28. The minimum atomic E-state index is -0.423. The van der Waals surface area contributed by atoms with Crippen LogP contribution in [0.25, 0.3) is 0 Å². The van der Waals surface area contributed by atoms with E-state index in [1.807, 2.05) is 24.3 Å². The highest BCUT2D eigenvalue weighted by molar-refractivity contribution is 6.05. The highest BCUT2D eigenvalue weighted by Crippen LogP contribution is 2.32. The third-order valence-corrected chi connectivity index (χ3v) is 3.33. The zero-order valence-corrected chi connectivity index (χ0v) is 9.81. The number of para-hydroxylation sites is 1. The molecule has 1 aromatic rings. The summed E-state index contributed by atoms with van der Waals surface area (Å²) < 4.78 is 5.56. The minimum Gasteiger partial charge on any atom is -0.493 e. The summed E-state index contributed by atoms with van der Waals surface area (Å²) in [6, 6.07) is 7.42. The van der Waals surface area contributed by atoms with Gasteiger partial charge in [0.15, 0.2) is 0 Å². The fourth-order valence-electron chi connectivity index (χ4n) is 2.45. The first-order chi connectivity index (χ1) is 8.74. The second-order valence-corrected chi connectivity index (χ2v) is 4.56. The molecule has 0 bridgehead atoms. The number of rotatable bonds is 2. The number of ether oxygens (including phenoxy) is 1. The number of carbonyl (C=O) groups excluding carboxylic acids is 2. The van der Waals surface area contributed by atoms with Crippen molar-refractivity contribution in [3.05, 3.63) is 29.8 Å². The average molecular weight is 246 g/mol. The quantitative estimate of drug-likeness (QED) is 0.746. The molecule has 0 aliphatic carbocycles. The van der Waals surface area contributed by atoms with E-state index in [1.165, 1.54) is 0 Å². The zero-order valence-electron chi connectivity index (χ0n) is 9.81. The van der Waals surface area contributed by atoms with Crippen LogP contribution in [0.4, 0.5) is 0 Å². The van der Waals surface area contributed by atoms with Crippen LogP contribution >= 0.6 is 0 Å². The number of benzene rings is 1. The summed E-state index contributed by atoms with van der Waals surface area (Å²) in [6.07, 6.45) is 1.02. The third kappa shape index (κ3) is 1.97. The number of fused-ring (bicyclic) bond motifs is 1. The van der Waals surface area contributed by atoms with Crippen LogP contribution in [0.1, 0.15) is 24.4 Å². The van der Waals surface area contributed by atoms with E-state index < -0.39 is 6.04 Å². The Kier molecular flexibility index (Phi) is 2.76. The predicted octanol–water partition coefficient (Wildman–Crippen LogP) is 0.515. The Hall–Kier alpha value is -1.88. The lowest BCUT2D eigenvalue weighted by molar-refractivity contribution is -0.125. The fourth-order valence-corrected chi connectivity index (χ4v) is 2.45. The van der Waals surface area contributed by atoms with Crippen LogP contribution in [-0.2, 0) is 9.59 Å². The van der Waals surface area contributed by atoms with Crippen molar-refractivity contribution < 1.29 is 14.3 Å². The number of hydrogen-bond acceptors (Lipinski definition) is 4. The van der Waals surface area contributed by atoms with Gasteiger partial charge in [-0.15, -0.1) is 0 Å². The summed E-state index contributed by atoms with van der Waals surface area (Å²) in [6.45, 7) is 0.622. The van der Waals surface area contributed by atoms with E-state index in [9.17, 15) is 9.59 Å². The van der Waals surface area contributed by atoms with E-state index in [0.717, 1.165) is 17.7 Å². The lowest BCUT2D eigenvalue weighted by Crippen LogP contribution is -2.40. The summed E-state index contributed by atoms with van der Waals surface area (Å²) in [4.78, 5) is 22.7. The van der Waals surface area contributed by atoms with Gasteiger partial charge >= 0.3 is 0 Å². The van der Waals surface area contributed by atoms with Crippen LogP contribution in [0.5, 0.6) is 5.75 Å². The molecule has 0 saturated carbocycles. The van der Waals surface area contributed by atoms with E-state index in [2.05, 4.69) is 10.6 Å². The van der Waals surface area contributed by atoms with Crippen molar-refractivity contribution in [2.24, 2.45) is 0 Å². The van der Waals surface area contributed by atoms with Crippen LogP contribution < -0.4 is 15.4 Å². The van der Waals surface area contributed by atoms with E-state index in [0.29, 0.717) is 6.61 Å². The molecule has 2 heterocycles. The van der Waals surface area contributed by atoms with Crippen molar-refractivity contribution in [1.29, 1.82) is 0 Å². The molecule has 5 heteroatoms. The molecular formula is C13H14N2O3. The molecule has 0 spiro atoms. The Bertz CT molecular complexity index is 501. The Morgan fingerprint density at radius 1 is 1.22 bits per heavy atom. The maximum Gasteiger partial charge on any atom is 0.244 e. The number of nitrogens with one attached hydrogen (secondary N) is 2. The average Bonchev–Trinajstić information content (AvgIpc) is 2.68. The second kappa shape index (κ2) is 4.42. The second-order valence-electron chi connectivity index (χ2n) is 4.56. The summed E-state index contributed by atoms with van der Waals surface area (Å²) in [5, 5.41) is 5.55. The molecule has 5 nitrogen and oxygen atoms in total. The molecule has 2 unspecified atom stereocenters. The van der Waals surface area contributed by atoms with Gasteiger partial charge in [0, 0.05) is 18.0 Å². The first kappa shape index (κ1) is 11.2.